The SMILES string of the molecule is C#C.CC(=O)O[C@H]([C@H]1C[C@@H](C)C2[C@H](CC3[C@@H]4CCC5C[C@@H](N=O)CCC56[C@@H](C)[C@@]46CC[C@]23C)O1)C(C)(C)O. The number of carbonyl (C=O) groups excluding carboxylic acids is 1. The molecule has 0 radical (unpaired) electrons. The second kappa shape index (κ2) is 9.30. The number of ether oxygens (including phenoxy) is 2. The van der Waals surface area contributed by atoms with E-state index >= 15 is 0 Å². The zero-order chi connectivity index (χ0) is 27.8. The van der Waals surface area contributed by atoms with Crippen molar-refractivity contribution in [2.45, 2.75) is 129 Å². The molecular formula is C32H49NO5. The summed E-state index contributed by atoms with van der Waals surface area (Å²) in [4.78, 5) is 23.2. The largest absolute Gasteiger partial charge is 0.457 e. The molecule has 4 unspecified atom stereocenters. The van der Waals surface area contributed by atoms with E-state index in [0.717, 1.165) is 37.5 Å². The second-order valence-electron chi connectivity index (χ2n) is 14.7. The Morgan fingerprint density at radius 3 is 2.39 bits per heavy atom. The number of aliphatic hydroxyl groups is 1. The molecule has 2 spiro atoms. The van der Waals surface area contributed by atoms with Crippen LogP contribution in [0.25, 0.3) is 0 Å². The number of nitroso groups, excluding NO2 is 1. The van der Waals surface area contributed by atoms with E-state index < -0.39 is 11.7 Å². The Kier molecular flexibility index (Phi) is 6.88. The molecule has 5 aliphatic carbocycles. The summed E-state index contributed by atoms with van der Waals surface area (Å²) in [5.41, 5.74) is 0.0418. The molecule has 5 saturated carbocycles. The number of terminal acetylenes is 1. The first-order valence-corrected chi connectivity index (χ1v) is 15.1. The Labute approximate surface area is 229 Å². The molecule has 6 heteroatoms. The molecule has 38 heavy (non-hydrogen) atoms. The van der Waals surface area contributed by atoms with E-state index in [4.69, 9.17) is 9.47 Å². The summed E-state index contributed by atoms with van der Waals surface area (Å²) < 4.78 is 12.5. The predicted octanol–water partition coefficient (Wildman–Crippen LogP) is 6.14. The maximum atomic E-state index is 11.9. The smallest absolute Gasteiger partial charge is 0.303 e. The van der Waals surface area contributed by atoms with Crippen LogP contribution in [0, 0.1) is 69.5 Å². The summed E-state index contributed by atoms with van der Waals surface area (Å²) in [6.07, 6.45) is 17.5. The van der Waals surface area contributed by atoms with Crippen molar-refractivity contribution in [3.63, 3.8) is 0 Å². The Bertz CT molecular complexity index is 973. The zero-order valence-electron chi connectivity index (χ0n) is 24.3. The summed E-state index contributed by atoms with van der Waals surface area (Å²) >= 11 is 0. The van der Waals surface area contributed by atoms with Crippen LogP contribution in [0.1, 0.15) is 99.3 Å². The molecule has 212 valence electrons. The first-order chi connectivity index (χ1) is 17.9. The molecule has 0 amide bonds. The third-order valence-electron chi connectivity index (χ3n) is 13.1. The average Bonchev–Trinajstić information content (AvgIpc) is 3.23. The molecule has 13 atom stereocenters. The van der Waals surface area contributed by atoms with Gasteiger partial charge in [0.1, 0.15) is 0 Å². The van der Waals surface area contributed by atoms with Crippen LogP contribution in [0.5, 0.6) is 0 Å². The Hall–Kier alpha value is -1.45. The maximum absolute atomic E-state index is 11.9. The molecule has 1 aliphatic heterocycles. The Morgan fingerprint density at radius 2 is 1.76 bits per heavy atom. The number of esters is 1. The summed E-state index contributed by atoms with van der Waals surface area (Å²) in [6.45, 7) is 12.3. The lowest BCUT2D eigenvalue weighted by Gasteiger charge is -2.56. The number of hydrogen-bond acceptors (Lipinski definition) is 6. The van der Waals surface area contributed by atoms with E-state index in [9.17, 15) is 14.8 Å². The molecule has 0 aromatic carbocycles. The van der Waals surface area contributed by atoms with Gasteiger partial charge in [0.2, 0.25) is 0 Å². The van der Waals surface area contributed by atoms with Gasteiger partial charge in [0.25, 0.3) is 0 Å². The van der Waals surface area contributed by atoms with Crippen molar-refractivity contribution in [2.24, 2.45) is 56.9 Å². The van der Waals surface area contributed by atoms with Gasteiger partial charge >= 0.3 is 5.97 Å². The van der Waals surface area contributed by atoms with Crippen LogP contribution in [0.4, 0.5) is 0 Å². The minimum atomic E-state index is -1.15. The van der Waals surface area contributed by atoms with E-state index in [0.29, 0.717) is 34.5 Å². The van der Waals surface area contributed by atoms with Crippen LogP contribution in [-0.4, -0.2) is 41.0 Å². The van der Waals surface area contributed by atoms with Crippen LogP contribution < -0.4 is 0 Å². The molecular weight excluding hydrogens is 478 g/mol. The molecule has 0 bridgehead atoms. The summed E-state index contributed by atoms with van der Waals surface area (Å²) in [6, 6.07) is 0.0392. The number of rotatable bonds is 4. The van der Waals surface area contributed by atoms with Gasteiger partial charge in [-0.2, -0.15) is 4.91 Å². The van der Waals surface area contributed by atoms with Gasteiger partial charge in [0.05, 0.1) is 23.9 Å². The minimum Gasteiger partial charge on any atom is -0.457 e. The highest BCUT2D eigenvalue weighted by Gasteiger charge is 2.83. The Balaban J connectivity index is 0.00000144. The fourth-order valence-electron chi connectivity index (χ4n) is 12.1. The molecule has 6 rings (SSSR count). The van der Waals surface area contributed by atoms with Gasteiger partial charge in [-0.05, 0) is 123 Å². The standard InChI is InChI=1S/C30H47NO5.C2H2/c1-16-13-24(26(27(4,5)33)35-18(3)32)36-23-15-22-21-8-7-19-14-20(31-34)9-10-29(19)17(2)30(21,29)12-11-28(22,6)25(16)23;1-2/h16-17,19-26,33H,7-15H2,1-6H3;1-2H/t16-,17-,19?,20+,21+,22?,23+,24-,25?,26-,28+,29?,30+;/m1./s1. The predicted molar refractivity (Wildman–Crippen MR) is 147 cm³/mol. The van der Waals surface area contributed by atoms with Crippen LogP contribution in [0.15, 0.2) is 5.18 Å². The monoisotopic (exact) mass is 527 g/mol. The van der Waals surface area contributed by atoms with E-state index in [-0.39, 0.29) is 29.6 Å². The van der Waals surface area contributed by atoms with Gasteiger partial charge in [-0.15, -0.1) is 12.8 Å². The molecule has 0 aromatic rings. The quantitative estimate of drug-likeness (QED) is 0.270. The van der Waals surface area contributed by atoms with Gasteiger partial charge in [0.15, 0.2) is 6.10 Å². The lowest BCUT2D eigenvalue weighted by atomic mass is 9.48. The van der Waals surface area contributed by atoms with Crippen LogP contribution >= 0.6 is 0 Å². The summed E-state index contributed by atoms with van der Waals surface area (Å²) in [7, 11) is 0. The highest BCUT2D eigenvalue weighted by atomic mass is 16.6. The third-order valence-corrected chi connectivity index (χ3v) is 13.1. The van der Waals surface area contributed by atoms with E-state index in [1.807, 2.05) is 0 Å². The number of hydrogen-bond donors (Lipinski definition) is 1. The lowest BCUT2D eigenvalue weighted by molar-refractivity contribution is -0.208. The van der Waals surface area contributed by atoms with Crippen molar-refractivity contribution in [3.8, 4) is 12.8 Å². The highest BCUT2D eigenvalue weighted by molar-refractivity contribution is 5.66. The van der Waals surface area contributed by atoms with Crippen molar-refractivity contribution >= 4 is 5.97 Å². The third kappa shape index (κ3) is 3.63. The van der Waals surface area contributed by atoms with Crippen LogP contribution in [-0.2, 0) is 14.3 Å². The van der Waals surface area contributed by atoms with Gasteiger partial charge in [0, 0.05) is 6.92 Å². The van der Waals surface area contributed by atoms with E-state index in [1.165, 1.54) is 39.0 Å². The van der Waals surface area contributed by atoms with Crippen LogP contribution in [0.3, 0.4) is 0 Å². The maximum Gasteiger partial charge on any atom is 0.303 e. The topological polar surface area (TPSA) is 85.2 Å². The number of nitrogens with zero attached hydrogens (tertiary/aromatic N) is 1. The van der Waals surface area contributed by atoms with Gasteiger partial charge in [-0.3, -0.25) is 4.79 Å². The zero-order valence-corrected chi connectivity index (χ0v) is 24.3. The first kappa shape index (κ1) is 28.1. The van der Waals surface area contributed by atoms with Crippen LogP contribution in [0.2, 0.25) is 0 Å². The van der Waals surface area contributed by atoms with E-state index in [1.54, 1.807) is 13.8 Å². The van der Waals surface area contributed by atoms with Gasteiger partial charge < -0.3 is 14.6 Å². The molecule has 0 aromatic heterocycles. The fraction of sp³-hybridized carbons (Fsp3) is 0.906. The first-order valence-electron chi connectivity index (χ1n) is 15.1. The van der Waals surface area contributed by atoms with Crippen molar-refractivity contribution in [3.05, 3.63) is 4.91 Å². The second-order valence-corrected chi connectivity index (χ2v) is 14.7. The summed E-state index contributed by atoms with van der Waals surface area (Å²) in [5, 5.41) is 14.3. The van der Waals surface area contributed by atoms with Crippen molar-refractivity contribution in [1.29, 1.82) is 0 Å². The molecule has 6 fully saturated rings. The molecule has 6 aliphatic rings. The van der Waals surface area contributed by atoms with Crippen molar-refractivity contribution in [2.75, 3.05) is 0 Å². The molecule has 1 N–H and O–H groups in total. The molecule has 1 heterocycles. The Morgan fingerprint density at radius 1 is 1.05 bits per heavy atom. The normalized spacial score (nSPS) is 51.3. The van der Waals surface area contributed by atoms with Crippen molar-refractivity contribution < 1.29 is 19.4 Å². The van der Waals surface area contributed by atoms with E-state index in [2.05, 4.69) is 38.8 Å². The minimum absolute atomic E-state index is 0.0392. The summed E-state index contributed by atoms with van der Waals surface area (Å²) in [5.74, 6) is 3.49. The average molecular weight is 528 g/mol. The van der Waals surface area contributed by atoms with Gasteiger partial charge in [-0.1, -0.05) is 25.9 Å². The van der Waals surface area contributed by atoms with Crippen molar-refractivity contribution in [1.82, 2.24) is 0 Å². The van der Waals surface area contributed by atoms with Gasteiger partial charge in [-0.25, -0.2) is 0 Å². The number of carbonyl (C=O) groups is 1. The molecule has 1 saturated heterocycles. The highest BCUT2D eigenvalue weighted by Crippen LogP contribution is 2.88. The number of fused-ring (bicyclic) bond motifs is 4. The molecule has 6 nitrogen and oxygen atoms in total. The fourth-order valence-corrected chi connectivity index (χ4v) is 12.1. The lowest BCUT2D eigenvalue weighted by Crippen LogP contribution is -2.55.